The first-order chi connectivity index (χ1) is 9.73. The molecule has 1 aromatic carbocycles. The van der Waals surface area contributed by atoms with Crippen molar-refractivity contribution in [1.82, 2.24) is 4.57 Å². The number of nitrogens with zero attached hydrogens (tertiary/aromatic N) is 2. The van der Waals surface area contributed by atoms with Gasteiger partial charge in [0.1, 0.15) is 16.4 Å². The summed E-state index contributed by atoms with van der Waals surface area (Å²) in [6, 6.07) is 6.19. The quantitative estimate of drug-likeness (QED) is 0.931. The summed E-state index contributed by atoms with van der Waals surface area (Å²) in [6.07, 6.45) is 1.20. The highest BCUT2D eigenvalue weighted by Crippen LogP contribution is 2.23. The molecule has 0 aliphatic rings. The predicted molar refractivity (Wildman–Crippen MR) is 74.4 cm³/mol. The van der Waals surface area contributed by atoms with E-state index in [1.54, 1.807) is 0 Å². The molecular formula is C13H13FN2O4S. The van der Waals surface area contributed by atoms with Crippen LogP contribution < -0.4 is 4.31 Å². The van der Waals surface area contributed by atoms with Crippen LogP contribution in [-0.4, -0.2) is 31.1 Å². The summed E-state index contributed by atoms with van der Waals surface area (Å²) >= 11 is 0. The van der Waals surface area contributed by atoms with Gasteiger partial charge < -0.3 is 9.67 Å². The Kier molecular flexibility index (Phi) is 3.73. The summed E-state index contributed by atoms with van der Waals surface area (Å²) in [7, 11) is -1.25. The van der Waals surface area contributed by atoms with E-state index < -0.39 is 21.8 Å². The second kappa shape index (κ2) is 5.21. The van der Waals surface area contributed by atoms with E-state index in [9.17, 15) is 17.6 Å². The van der Waals surface area contributed by atoms with Crippen LogP contribution in [0, 0.1) is 5.82 Å². The van der Waals surface area contributed by atoms with Gasteiger partial charge in [-0.1, -0.05) is 6.07 Å². The number of hydrogen-bond acceptors (Lipinski definition) is 3. The summed E-state index contributed by atoms with van der Waals surface area (Å²) in [5.74, 6) is -1.79. The van der Waals surface area contributed by atoms with Crippen LogP contribution in [0.2, 0.25) is 0 Å². The van der Waals surface area contributed by atoms with Crippen molar-refractivity contribution in [2.24, 2.45) is 7.05 Å². The van der Waals surface area contributed by atoms with Crippen LogP contribution in [0.1, 0.15) is 10.5 Å². The molecular weight excluding hydrogens is 299 g/mol. The first-order valence-electron chi connectivity index (χ1n) is 5.87. The summed E-state index contributed by atoms with van der Waals surface area (Å²) in [6.45, 7) is 0. The van der Waals surface area contributed by atoms with Gasteiger partial charge in [0.2, 0.25) is 0 Å². The van der Waals surface area contributed by atoms with Gasteiger partial charge in [0, 0.05) is 20.3 Å². The lowest BCUT2D eigenvalue weighted by Crippen LogP contribution is -2.26. The van der Waals surface area contributed by atoms with Crippen molar-refractivity contribution in [2.45, 2.75) is 4.90 Å². The van der Waals surface area contributed by atoms with Gasteiger partial charge in [0.05, 0.1) is 5.69 Å². The number of halogens is 1. The highest BCUT2D eigenvalue weighted by atomic mass is 32.2. The van der Waals surface area contributed by atoms with Gasteiger partial charge in [-0.05, 0) is 24.3 Å². The van der Waals surface area contributed by atoms with Crippen molar-refractivity contribution in [3.8, 4) is 0 Å². The average molecular weight is 312 g/mol. The molecule has 0 aliphatic carbocycles. The average Bonchev–Trinajstić information content (AvgIpc) is 2.80. The molecule has 6 nitrogen and oxygen atoms in total. The van der Waals surface area contributed by atoms with E-state index >= 15 is 0 Å². The third-order valence-corrected chi connectivity index (χ3v) is 4.78. The number of anilines is 1. The van der Waals surface area contributed by atoms with Crippen molar-refractivity contribution >= 4 is 21.7 Å². The standard InChI is InChI=1S/C13H13FN2O4S/c1-15-8-11(7-12(15)13(17)18)21(19,20)16(2)10-5-3-4-9(14)6-10/h3-8H,1-2H3,(H,17,18). The number of hydrogen-bond donors (Lipinski definition) is 1. The minimum absolute atomic E-state index is 0.149. The Morgan fingerprint density at radius 1 is 1.33 bits per heavy atom. The number of aryl methyl sites for hydroxylation is 1. The fraction of sp³-hybridized carbons (Fsp3) is 0.154. The lowest BCUT2D eigenvalue weighted by Gasteiger charge is -2.18. The Balaban J connectivity index is 2.47. The van der Waals surface area contributed by atoms with Gasteiger partial charge in [-0.3, -0.25) is 4.31 Å². The van der Waals surface area contributed by atoms with Gasteiger partial charge in [0.25, 0.3) is 10.0 Å². The van der Waals surface area contributed by atoms with Crippen LogP contribution in [0.25, 0.3) is 0 Å². The van der Waals surface area contributed by atoms with E-state index in [0.717, 1.165) is 16.4 Å². The minimum atomic E-state index is -3.96. The normalized spacial score (nSPS) is 11.4. The topological polar surface area (TPSA) is 79.6 Å². The van der Waals surface area contributed by atoms with Gasteiger partial charge >= 0.3 is 5.97 Å². The van der Waals surface area contributed by atoms with Crippen molar-refractivity contribution in [2.75, 3.05) is 11.4 Å². The number of aromatic nitrogens is 1. The van der Waals surface area contributed by atoms with E-state index in [1.807, 2.05) is 0 Å². The lowest BCUT2D eigenvalue weighted by molar-refractivity contribution is 0.0686. The zero-order valence-corrected chi connectivity index (χ0v) is 12.1. The van der Waals surface area contributed by atoms with E-state index in [1.165, 1.54) is 43.1 Å². The number of aromatic carboxylic acids is 1. The van der Waals surface area contributed by atoms with Crippen molar-refractivity contribution in [3.05, 3.63) is 48.0 Å². The van der Waals surface area contributed by atoms with Crippen LogP contribution in [0.4, 0.5) is 10.1 Å². The van der Waals surface area contributed by atoms with Gasteiger partial charge in [0.15, 0.2) is 0 Å². The summed E-state index contributed by atoms with van der Waals surface area (Å²) in [5, 5.41) is 8.96. The second-order valence-corrected chi connectivity index (χ2v) is 6.40. The molecule has 1 heterocycles. The number of carboxylic acid groups (broad SMARTS) is 1. The molecule has 0 fully saturated rings. The molecule has 0 radical (unpaired) electrons. The zero-order chi connectivity index (χ0) is 15.8. The first kappa shape index (κ1) is 15.0. The van der Waals surface area contributed by atoms with Crippen LogP contribution in [-0.2, 0) is 17.1 Å². The van der Waals surface area contributed by atoms with E-state index in [2.05, 4.69) is 0 Å². The summed E-state index contributed by atoms with van der Waals surface area (Å²) in [4.78, 5) is 10.8. The van der Waals surface area contributed by atoms with Crippen LogP contribution in [0.15, 0.2) is 41.4 Å². The van der Waals surface area contributed by atoms with Gasteiger partial charge in [-0.2, -0.15) is 0 Å². The number of carbonyl (C=O) groups is 1. The molecule has 112 valence electrons. The second-order valence-electron chi connectivity index (χ2n) is 4.43. The third-order valence-electron chi connectivity index (χ3n) is 3.03. The first-order valence-corrected chi connectivity index (χ1v) is 7.31. The lowest BCUT2D eigenvalue weighted by atomic mass is 10.3. The molecule has 0 bridgehead atoms. The highest BCUT2D eigenvalue weighted by Gasteiger charge is 2.25. The van der Waals surface area contributed by atoms with Gasteiger partial charge in [-0.15, -0.1) is 0 Å². The Labute approximate surface area is 121 Å². The Morgan fingerprint density at radius 3 is 2.52 bits per heavy atom. The summed E-state index contributed by atoms with van der Waals surface area (Å²) < 4.78 is 40.2. The van der Waals surface area contributed by atoms with E-state index in [-0.39, 0.29) is 16.3 Å². The van der Waals surface area contributed by atoms with E-state index in [0.29, 0.717) is 0 Å². The smallest absolute Gasteiger partial charge is 0.352 e. The molecule has 0 aliphatic heterocycles. The number of rotatable bonds is 4. The maximum absolute atomic E-state index is 13.2. The molecule has 2 rings (SSSR count). The fourth-order valence-corrected chi connectivity index (χ4v) is 3.12. The number of carboxylic acids is 1. The molecule has 0 saturated heterocycles. The molecule has 0 saturated carbocycles. The largest absolute Gasteiger partial charge is 0.477 e. The molecule has 0 atom stereocenters. The van der Waals surface area contributed by atoms with Gasteiger partial charge in [-0.25, -0.2) is 17.6 Å². The highest BCUT2D eigenvalue weighted by molar-refractivity contribution is 7.92. The molecule has 2 aromatic rings. The zero-order valence-electron chi connectivity index (χ0n) is 11.3. The van der Waals surface area contributed by atoms with E-state index in [4.69, 9.17) is 5.11 Å². The maximum atomic E-state index is 13.2. The molecule has 0 amide bonds. The van der Waals surface area contributed by atoms with Crippen molar-refractivity contribution < 1.29 is 22.7 Å². The fourth-order valence-electron chi connectivity index (χ4n) is 1.86. The Morgan fingerprint density at radius 2 is 2.00 bits per heavy atom. The number of sulfonamides is 1. The summed E-state index contributed by atoms with van der Waals surface area (Å²) in [5.41, 5.74) is -0.00283. The molecule has 0 unspecified atom stereocenters. The molecule has 1 N–H and O–H groups in total. The Hall–Kier alpha value is -2.35. The molecule has 0 spiro atoms. The third kappa shape index (κ3) is 2.75. The van der Waals surface area contributed by atoms with Crippen molar-refractivity contribution in [1.29, 1.82) is 0 Å². The number of benzene rings is 1. The molecule has 1 aromatic heterocycles. The molecule has 21 heavy (non-hydrogen) atoms. The Bertz CT molecular complexity index is 798. The predicted octanol–water partition coefficient (Wildman–Crippen LogP) is 1.69. The maximum Gasteiger partial charge on any atom is 0.352 e. The SMILES string of the molecule is CN(c1cccc(F)c1)S(=O)(=O)c1cc(C(=O)O)n(C)c1. The van der Waals surface area contributed by atoms with Crippen molar-refractivity contribution in [3.63, 3.8) is 0 Å². The minimum Gasteiger partial charge on any atom is -0.477 e. The molecule has 8 heteroatoms. The monoisotopic (exact) mass is 312 g/mol. The van der Waals surface area contributed by atoms with Crippen LogP contribution in [0.3, 0.4) is 0 Å². The van der Waals surface area contributed by atoms with Crippen LogP contribution >= 0.6 is 0 Å². The van der Waals surface area contributed by atoms with Crippen LogP contribution in [0.5, 0.6) is 0 Å².